The Hall–Kier alpha value is -1.92. The number of aromatic nitrogens is 3. The highest BCUT2D eigenvalue weighted by Gasteiger charge is 2.24. The first kappa shape index (κ1) is 14.5. The number of nitrogens with zero attached hydrogens (tertiary/aromatic N) is 4. The van der Waals surface area contributed by atoms with Crippen molar-refractivity contribution in [3.8, 4) is 0 Å². The average molecular weight is 279 g/mol. The predicted octanol–water partition coefficient (Wildman–Crippen LogP) is 0.622. The summed E-state index contributed by atoms with van der Waals surface area (Å²) in [4.78, 5) is 31.4. The van der Waals surface area contributed by atoms with Crippen molar-refractivity contribution in [3.63, 3.8) is 0 Å². The van der Waals surface area contributed by atoms with E-state index in [0.717, 1.165) is 6.42 Å². The predicted molar refractivity (Wildman–Crippen MR) is 73.2 cm³/mol. The summed E-state index contributed by atoms with van der Waals surface area (Å²) in [6, 6.07) is 0. The van der Waals surface area contributed by atoms with Gasteiger partial charge in [0.05, 0.1) is 0 Å². The lowest BCUT2D eigenvalue weighted by Crippen LogP contribution is -2.37. The van der Waals surface area contributed by atoms with Crippen LogP contribution in [0.4, 0.5) is 0 Å². The number of aromatic amines is 1. The Labute approximate surface area is 118 Å². The van der Waals surface area contributed by atoms with Crippen LogP contribution >= 0.6 is 0 Å². The van der Waals surface area contributed by atoms with Gasteiger partial charge >= 0.3 is 0 Å². The van der Waals surface area contributed by atoms with Crippen molar-refractivity contribution in [2.45, 2.75) is 33.1 Å². The van der Waals surface area contributed by atoms with Gasteiger partial charge in [-0.05, 0) is 6.42 Å². The Kier molecular flexibility index (Phi) is 4.36. The minimum absolute atomic E-state index is 0.0549. The summed E-state index contributed by atoms with van der Waals surface area (Å²) in [5, 5.41) is 6.78. The quantitative estimate of drug-likeness (QED) is 0.860. The minimum atomic E-state index is -0.168. The molecule has 1 N–H and O–H groups in total. The van der Waals surface area contributed by atoms with E-state index in [1.807, 2.05) is 13.8 Å². The van der Waals surface area contributed by atoms with Crippen LogP contribution in [0.2, 0.25) is 0 Å². The maximum Gasteiger partial charge on any atom is 0.293 e. The number of H-pyrrole nitrogens is 1. The summed E-state index contributed by atoms with van der Waals surface area (Å²) in [5.41, 5.74) is 0. The van der Waals surface area contributed by atoms with E-state index in [0.29, 0.717) is 32.0 Å². The molecule has 0 radical (unpaired) electrons. The van der Waals surface area contributed by atoms with E-state index in [1.165, 1.54) is 0 Å². The Morgan fingerprint density at radius 1 is 1.15 bits per heavy atom. The summed E-state index contributed by atoms with van der Waals surface area (Å²) in [6.07, 6.45) is 0.785. The van der Waals surface area contributed by atoms with Crippen LogP contribution in [0, 0.1) is 0 Å². The fraction of sp³-hybridized carbons (Fsp3) is 0.692. The third-order valence-electron chi connectivity index (χ3n) is 3.47. The van der Waals surface area contributed by atoms with Gasteiger partial charge in [0.2, 0.25) is 11.7 Å². The van der Waals surface area contributed by atoms with Crippen LogP contribution in [0.3, 0.4) is 0 Å². The average Bonchev–Trinajstić information content (AvgIpc) is 2.76. The molecular formula is C13H21N5O2. The van der Waals surface area contributed by atoms with Crippen LogP contribution < -0.4 is 0 Å². The zero-order valence-corrected chi connectivity index (χ0v) is 12.2. The Balaban J connectivity index is 2.03. The van der Waals surface area contributed by atoms with Gasteiger partial charge in [-0.1, -0.05) is 13.8 Å². The zero-order chi connectivity index (χ0) is 14.7. The first-order chi connectivity index (χ1) is 9.49. The lowest BCUT2D eigenvalue weighted by molar-refractivity contribution is -0.128. The molecule has 0 atom stereocenters. The molecule has 0 aromatic carbocycles. The van der Waals surface area contributed by atoms with Crippen LogP contribution in [-0.2, 0) is 4.79 Å². The molecule has 1 aromatic rings. The molecule has 0 saturated carbocycles. The second kappa shape index (κ2) is 6.02. The zero-order valence-electron chi connectivity index (χ0n) is 12.2. The van der Waals surface area contributed by atoms with Crippen LogP contribution in [-0.4, -0.2) is 63.0 Å². The highest BCUT2D eigenvalue weighted by Crippen LogP contribution is 2.10. The minimum Gasteiger partial charge on any atom is -0.341 e. The van der Waals surface area contributed by atoms with E-state index in [-0.39, 0.29) is 23.6 Å². The summed E-state index contributed by atoms with van der Waals surface area (Å²) >= 11 is 0. The fourth-order valence-corrected chi connectivity index (χ4v) is 2.21. The number of carbonyl (C=O) groups is 2. The molecule has 7 nitrogen and oxygen atoms in total. The van der Waals surface area contributed by atoms with Crippen molar-refractivity contribution in [2.24, 2.45) is 0 Å². The number of amides is 2. The lowest BCUT2D eigenvalue weighted by atomic mass is 10.2. The van der Waals surface area contributed by atoms with E-state index in [4.69, 9.17) is 0 Å². The van der Waals surface area contributed by atoms with E-state index in [2.05, 4.69) is 15.2 Å². The Bertz CT molecular complexity index is 497. The number of rotatable bonds is 2. The number of hydrogen-bond donors (Lipinski definition) is 1. The number of hydrogen-bond acceptors (Lipinski definition) is 4. The van der Waals surface area contributed by atoms with Crippen molar-refractivity contribution < 1.29 is 9.59 Å². The van der Waals surface area contributed by atoms with Crippen molar-refractivity contribution >= 4 is 11.8 Å². The molecule has 0 bridgehead atoms. The van der Waals surface area contributed by atoms with Gasteiger partial charge in [0.15, 0.2) is 0 Å². The molecule has 2 heterocycles. The molecule has 0 aliphatic carbocycles. The fourth-order valence-electron chi connectivity index (χ4n) is 2.21. The van der Waals surface area contributed by atoms with Crippen molar-refractivity contribution in [3.05, 3.63) is 11.6 Å². The summed E-state index contributed by atoms with van der Waals surface area (Å²) in [7, 11) is 0. The van der Waals surface area contributed by atoms with Crippen LogP contribution in [0.1, 0.15) is 49.6 Å². The molecule has 1 fully saturated rings. The van der Waals surface area contributed by atoms with E-state index >= 15 is 0 Å². The Morgan fingerprint density at radius 2 is 1.80 bits per heavy atom. The van der Waals surface area contributed by atoms with Crippen LogP contribution in [0.25, 0.3) is 0 Å². The van der Waals surface area contributed by atoms with Crippen LogP contribution in [0.15, 0.2) is 0 Å². The van der Waals surface area contributed by atoms with Crippen LogP contribution in [0.5, 0.6) is 0 Å². The first-order valence-corrected chi connectivity index (χ1v) is 6.96. The maximum atomic E-state index is 12.3. The molecule has 20 heavy (non-hydrogen) atoms. The van der Waals surface area contributed by atoms with Gasteiger partial charge in [-0.25, -0.2) is 4.98 Å². The van der Waals surface area contributed by atoms with Gasteiger partial charge in [-0.15, -0.1) is 5.10 Å². The van der Waals surface area contributed by atoms with Gasteiger partial charge < -0.3 is 9.80 Å². The van der Waals surface area contributed by atoms with Gasteiger partial charge in [0, 0.05) is 39.0 Å². The largest absolute Gasteiger partial charge is 0.341 e. The standard InChI is InChI=1S/C13H21N5O2/c1-9(2)11-14-12(16-15-11)13(20)18-6-4-5-17(7-8-18)10(3)19/h9H,4-8H2,1-3H3,(H,14,15,16). The Morgan fingerprint density at radius 3 is 2.40 bits per heavy atom. The molecule has 1 aliphatic rings. The van der Waals surface area contributed by atoms with Gasteiger partial charge in [0.1, 0.15) is 5.82 Å². The molecule has 1 aliphatic heterocycles. The molecule has 1 saturated heterocycles. The topological polar surface area (TPSA) is 82.2 Å². The SMILES string of the molecule is CC(=O)N1CCCN(C(=O)c2n[nH]c(C(C)C)n2)CC1. The lowest BCUT2D eigenvalue weighted by Gasteiger charge is -2.20. The van der Waals surface area contributed by atoms with Gasteiger partial charge in [-0.3, -0.25) is 14.7 Å². The molecule has 2 amide bonds. The van der Waals surface area contributed by atoms with Crippen molar-refractivity contribution in [1.82, 2.24) is 25.0 Å². The molecule has 110 valence electrons. The molecule has 0 unspecified atom stereocenters. The molecule has 2 rings (SSSR count). The molecular weight excluding hydrogens is 258 g/mol. The molecule has 7 heteroatoms. The summed E-state index contributed by atoms with van der Waals surface area (Å²) in [6.45, 7) is 7.98. The second-order valence-corrected chi connectivity index (χ2v) is 5.35. The maximum absolute atomic E-state index is 12.3. The van der Waals surface area contributed by atoms with Crippen molar-refractivity contribution in [1.29, 1.82) is 0 Å². The smallest absolute Gasteiger partial charge is 0.293 e. The summed E-state index contributed by atoms with van der Waals surface area (Å²) < 4.78 is 0. The van der Waals surface area contributed by atoms with Gasteiger partial charge in [0.25, 0.3) is 5.91 Å². The molecule has 0 spiro atoms. The number of nitrogens with one attached hydrogen (secondary N) is 1. The van der Waals surface area contributed by atoms with E-state index in [9.17, 15) is 9.59 Å². The van der Waals surface area contributed by atoms with Crippen molar-refractivity contribution in [2.75, 3.05) is 26.2 Å². The monoisotopic (exact) mass is 279 g/mol. The third kappa shape index (κ3) is 3.15. The highest BCUT2D eigenvalue weighted by atomic mass is 16.2. The normalized spacial score (nSPS) is 16.4. The highest BCUT2D eigenvalue weighted by molar-refractivity contribution is 5.90. The first-order valence-electron chi connectivity index (χ1n) is 6.96. The van der Waals surface area contributed by atoms with Gasteiger partial charge in [-0.2, -0.15) is 0 Å². The molecule has 1 aromatic heterocycles. The van der Waals surface area contributed by atoms with E-state index < -0.39 is 0 Å². The second-order valence-electron chi connectivity index (χ2n) is 5.35. The third-order valence-corrected chi connectivity index (χ3v) is 3.47. The van der Waals surface area contributed by atoms with E-state index in [1.54, 1.807) is 16.7 Å². The summed E-state index contributed by atoms with van der Waals surface area (Å²) in [5.74, 6) is 1.03. The number of carbonyl (C=O) groups excluding carboxylic acids is 2.